The number of amides is 1. The minimum absolute atomic E-state index is 0.00581. The van der Waals surface area contributed by atoms with Crippen molar-refractivity contribution in [1.29, 1.82) is 0 Å². The van der Waals surface area contributed by atoms with Crippen molar-refractivity contribution in [3.8, 4) is 5.75 Å². The first-order valence-corrected chi connectivity index (χ1v) is 5.84. The molecule has 0 aliphatic rings. The Kier molecular flexibility index (Phi) is 4.97. The summed E-state index contributed by atoms with van der Waals surface area (Å²) in [4.78, 5) is 12.1. The van der Waals surface area contributed by atoms with Gasteiger partial charge in [0.25, 0.3) is 5.91 Å². The van der Waals surface area contributed by atoms with Crippen molar-refractivity contribution in [2.45, 2.75) is 19.9 Å². The van der Waals surface area contributed by atoms with Gasteiger partial charge in [-0.05, 0) is 25.0 Å². The topological polar surface area (TPSA) is 84.6 Å². The molecule has 0 heterocycles. The van der Waals surface area contributed by atoms with E-state index in [0.717, 1.165) is 0 Å². The molecule has 5 heteroatoms. The summed E-state index contributed by atoms with van der Waals surface area (Å²) in [6.45, 7) is 3.74. The fraction of sp³-hybridized carbons (Fsp3) is 0.462. The van der Waals surface area contributed by atoms with Crippen molar-refractivity contribution in [3.63, 3.8) is 0 Å². The maximum atomic E-state index is 12.1. The molecule has 0 aliphatic heterocycles. The molecule has 1 aromatic rings. The number of hydrogen-bond acceptors (Lipinski definition) is 4. The molecule has 0 aliphatic carbocycles. The Labute approximate surface area is 107 Å². The zero-order valence-corrected chi connectivity index (χ0v) is 10.9. The van der Waals surface area contributed by atoms with Gasteiger partial charge >= 0.3 is 0 Å². The maximum absolute atomic E-state index is 12.1. The van der Waals surface area contributed by atoms with Crippen LogP contribution < -0.4 is 15.8 Å². The van der Waals surface area contributed by atoms with E-state index in [-0.39, 0.29) is 24.5 Å². The van der Waals surface area contributed by atoms with Crippen molar-refractivity contribution < 1.29 is 14.6 Å². The molecule has 0 spiro atoms. The van der Waals surface area contributed by atoms with E-state index >= 15 is 0 Å². The van der Waals surface area contributed by atoms with Gasteiger partial charge in [-0.1, -0.05) is 6.92 Å². The van der Waals surface area contributed by atoms with Crippen molar-refractivity contribution in [3.05, 3.63) is 23.8 Å². The van der Waals surface area contributed by atoms with E-state index in [9.17, 15) is 4.79 Å². The fourth-order valence-electron chi connectivity index (χ4n) is 1.48. The van der Waals surface area contributed by atoms with E-state index in [0.29, 0.717) is 17.0 Å². The van der Waals surface area contributed by atoms with E-state index in [1.807, 2.05) is 13.8 Å². The standard InChI is InChI=1S/C13H20N2O3/c1-8(7-16)9(2)15-13(17)11-5-4-10(14)6-12(11)18-3/h4-6,8-9,16H,7,14H2,1-3H3,(H,15,17). The van der Waals surface area contributed by atoms with Gasteiger partial charge in [0.1, 0.15) is 5.75 Å². The van der Waals surface area contributed by atoms with Crippen molar-refractivity contribution in [2.75, 3.05) is 19.5 Å². The van der Waals surface area contributed by atoms with Gasteiger partial charge in [0.15, 0.2) is 0 Å². The number of rotatable bonds is 5. The first-order valence-electron chi connectivity index (χ1n) is 5.84. The average molecular weight is 252 g/mol. The third kappa shape index (κ3) is 3.37. The summed E-state index contributed by atoms with van der Waals surface area (Å²) in [6.07, 6.45) is 0. The van der Waals surface area contributed by atoms with Crippen LogP contribution in [0.5, 0.6) is 5.75 Å². The first-order chi connectivity index (χ1) is 8.49. The number of aliphatic hydroxyl groups is 1. The molecular formula is C13H20N2O3. The van der Waals surface area contributed by atoms with Crippen LogP contribution in [0.15, 0.2) is 18.2 Å². The highest BCUT2D eigenvalue weighted by Gasteiger charge is 2.17. The molecule has 4 N–H and O–H groups in total. The fourth-order valence-corrected chi connectivity index (χ4v) is 1.48. The van der Waals surface area contributed by atoms with Gasteiger partial charge in [-0.15, -0.1) is 0 Å². The smallest absolute Gasteiger partial charge is 0.255 e. The molecule has 0 aromatic heterocycles. The third-order valence-electron chi connectivity index (χ3n) is 2.97. The van der Waals surface area contributed by atoms with Gasteiger partial charge < -0.3 is 20.9 Å². The predicted molar refractivity (Wildman–Crippen MR) is 70.6 cm³/mol. The number of nitrogens with two attached hydrogens (primary N) is 1. The van der Waals surface area contributed by atoms with E-state index in [4.69, 9.17) is 15.6 Å². The van der Waals surface area contributed by atoms with Gasteiger partial charge in [-0.3, -0.25) is 4.79 Å². The molecule has 0 bridgehead atoms. The summed E-state index contributed by atoms with van der Waals surface area (Å²) in [5, 5.41) is 11.9. The normalized spacial score (nSPS) is 13.8. The Morgan fingerprint density at radius 3 is 2.72 bits per heavy atom. The number of aliphatic hydroxyl groups excluding tert-OH is 1. The summed E-state index contributed by atoms with van der Waals surface area (Å²) in [5.41, 5.74) is 6.61. The molecule has 2 atom stereocenters. The number of carbonyl (C=O) groups is 1. The molecular weight excluding hydrogens is 232 g/mol. The third-order valence-corrected chi connectivity index (χ3v) is 2.97. The largest absolute Gasteiger partial charge is 0.496 e. The number of carbonyl (C=O) groups excluding carboxylic acids is 1. The summed E-state index contributed by atoms with van der Waals surface area (Å²) >= 11 is 0. The lowest BCUT2D eigenvalue weighted by atomic mass is 10.0. The van der Waals surface area contributed by atoms with Gasteiger partial charge in [-0.25, -0.2) is 0 Å². The lowest BCUT2D eigenvalue weighted by molar-refractivity contribution is 0.0913. The Balaban J connectivity index is 2.84. The lowest BCUT2D eigenvalue weighted by Gasteiger charge is -2.20. The molecule has 1 rings (SSSR count). The van der Waals surface area contributed by atoms with Crippen LogP contribution in [-0.4, -0.2) is 30.8 Å². The van der Waals surface area contributed by atoms with E-state index in [1.54, 1.807) is 18.2 Å². The van der Waals surface area contributed by atoms with Gasteiger partial charge in [-0.2, -0.15) is 0 Å². The van der Waals surface area contributed by atoms with E-state index in [2.05, 4.69) is 5.32 Å². The van der Waals surface area contributed by atoms with Crippen LogP contribution in [0.3, 0.4) is 0 Å². The van der Waals surface area contributed by atoms with Crippen LogP contribution in [-0.2, 0) is 0 Å². The number of anilines is 1. The minimum atomic E-state index is -0.236. The molecule has 1 aromatic carbocycles. The first kappa shape index (κ1) is 14.3. The molecule has 0 fully saturated rings. The number of nitrogens with one attached hydrogen (secondary N) is 1. The van der Waals surface area contributed by atoms with Gasteiger partial charge in [0.2, 0.25) is 0 Å². The van der Waals surface area contributed by atoms with Crippen LogP contribution >= 0.6 is 0 Å². The predicted octanol–water partition coefficient (Wildman–Crippen LogP) is 1.02. The number of hydrogen-bond donors (Lipinski definition) is 3. The Morgan fingerprint density at radius 2 is 2.17 bits per heavy atom. The van der Waals surface area contributed by atoms with Gasteiger partial charge in [0, 0.05) is 24.4 Å². The van der Waals surface area contributed by atoms with Crippen LogP contribution in [0.1, 0.15) is 24.2 Å². The summed E-state index contributed by atoms with van der Waals surface area (Å²) < 4.78 is 5.13. The number of benzene rings is 1. The zero-order chi connectivity index (χ0) is 13.7. The van der Waals surface area contributed by atoms with Crippen molar-refractivity contribution in [1.82, 2.24) is 5.32 Å². The Bertz CT molecular complexity index is 421. The second kappa shape index (κ2) is 6.26. The van der Waals surface area contributed by atoms with Crippen LogP contribution in [0.4, 0.5) is 5.69 Å². The molecule has 18 heavy (non-hydrogen) atoms. The maximum Gasteiger partial charge on any atom is 0.255 e. The average Bonchev–Trinajstić information content (AvgIpc) is 2.37. The van der Waals surface area contributed by atoms with Crippen molar-refractivity contribution >= 4 is 11.6 Å². The van der Waals surface area contributed by atoms with Crippen molar-refractivity contribution in [2.24, 2.45) is 5.92 Å². The summed E-state index contributed by atoms with van der Waals surface area (Å²) in [7, 11) is 1.49. The second-order valence-electron chi connectivity index (χ2n) is 4.38. The monoisotopic (exact) mass is 252 g/mol. The molecule has 1 amide bonds. The molecule has 5 nitrogen and oxygen atoms in total. The highest BCUT2D eigenvalue weighted by Crippen LogP contribution is 2.21. The van der Waals surface area contributed by atoms with Crippen LogP contribution in [0.25, 0.3) is 0 Å². The Hall–Kier alpha value is -1.75. The molecule has 2 unspecified atom stereocenters. The minimum Gasteiger partial charge on any atom is -0.496 e. The molecule has 0 saturated carbocycles. The number of methoxy groups -OCH3 is 1. The highest BCUT2D eigenvalue weighted by molar-refractivity contribution is 5.97. The van der Waals surface area contributed by atoms with Crippen LogP contribution in [0, 0.1) is 5.92 Å². The number of ether oxygens (including phenoxy) is 1. The van der Waals surface area contributed by atoms with E-state index < -0.39 is 0 Å². The summed E-state index contributed by atoms with van der Waals surface area (Å²) in [6, 6.07) is 4.76. The second-order valence-corrected chi connectivity index (χ2v) is 4.38. The summed E-state index contributed by atoms with van der Waals surface area (Å²) in [5.74, 6) is 0.199. The van der Waals surface area contributed by atoms with Crippen LogP contribution in [0.2, 0.25) is 0 Å². The van der Waals surface area contributed by atoms with Gasteiger partial charge in [0.05, 0.1) is 12.7 Å². The zero-order valence-electron chi connectivity index (χ0n) is 10.9. The Morgan fingerprint density at radius 1 is 1.50 bits per heavy atom. The molecule has 0 saturated heterocycles. The SMILES string of the molecule is COc1cc(N)ccc1C(=O)NC(C)C(C)CO. The highest BCUT2D eigenvalue weighted by atomic mass is 16.5. The molecule has 0 radical (unpaired) electrons. The quantitative estimate of drug-likeness (QED) is 0.683. The van der Waals surface area contributed by atoms with E-state index in [1.165, 1.54) is 7.11 Å². The molecule has 100 valence electrons. The lowest BCUT2D eigenvalue weighted by Crippen LogP contribution is -2.38. The number of nitrogen functional groups attached to an aromatic ring is 1.